The third-order valence-corrected chi connectivity index (χ3v) is 6.38. The summed E-state index contributed by atoms with van der Waals surface area (Å²) in [5.41, 5.74) is 3.20. The zero-order valence-corrected chi connectivity index (χ0v) is 19.4. The van der Waals surface area contributed by atoms with E-state index in [9.17, 15) is 9.90 Å². The molecule has 0 spiro atoms. The Bertz CT molecular complexity index is 1080. The molecule has 1 aliphatic heterocycles. The van der Waals surface area contributed by atoms with Crippen molar-refractivity contribution in [1.82, 2.24) is 4.90 Å². The first kappa shape index (κ1) is 23.1. The third kappa shape index (κ3) is 5.67. The second-order valence-electron chi connectivity index (χ2n) is 8.29. The summed E-state index contributed by atoms with van der Waals surface area (Å²) in [5.74, 6) is 0.343. The third-order valence-electron chi connectivity index (χ3n) is 6.15. The topological polar surface area (TPSA) is 59.0 Å². The Kier molecular flexibility index (Phi) is 7.53. The fourth-order valence-electron chi connectivity index (χ4n) is 4.40. The molecule has 1 fully saturated rings. The van der Waals surface area contributed by atoms with Gasteiger partial charge in [-0.3, -0.25) is 9.69 Å². The second-order valence-corrected chi connectivity index (χ2v) is 8.73. The van der Waals surface area contributed by atoms with Crippen molar-refractivity contribution in [2.24, 2.45) is 5.92 Å². The molecule has 0 bridgehead atoms. The molecule has 1 unspecified atom stereocenters. The van der Waals surface area contributed by atoms with Crippen LogP contribution < -0.4 is 9.47 Å². The molecule has 1 heterocycles. The molecule has 6 heteroatoms. The quantitative estimate of drug-likeness (QED) is 0.454. The van der Waals surface area contributed by atoms with Gasteiger partial charge in [-0.15, -0.1) is 0 Å². The van der Waals surface area contributed by atoms with E-state index in [0.29, 0.717) is 49.1 Å². The van der Waals surface area contributed by atoms with Gasteiger partial charge < -0.3 is 14.6 Å². The summed E-state index contributed by atoms with van der Waals surface area (Å²) >= 11 is 6.32. The van der Waals surface area contributed by atoms with E-state index in [0.717, 1.165) is 16.7 Å². The number of methoxy groups -OCH3 is 1. The van der Waals surface area contributed by atoms with E-state index in [-0.39, 0.29) is 12.0 Å². The maximum Gasteiger partial charge on any atom is 0.306 e. The Balaban J connectivity index is 1.61. The maximum atomic E-state index is 11.4. The number of carbonyl (C=O) groups is 1. The van der Waals surface area contributed by atoms with Crippen molar-refractivity contribution in [3.63, 3.8) is 0 Å². The van der Waals surface area contributed by atoms with Crippen LogP contribution in [0.4, 0.5) is 0 Å². The molecular weight excluding hydrogens is 438 g/mol. The summed E-state index contributed by atoms with van der Waals surface area (Å²) in [6.07, 6.45) is 1.25. The molecule has 0 radical (unpaired) electrons. The van der Waals surface area contributed by atoms with Gasteiger partial charge in [0.25, 0.3) is 0 Å². The lowest BCUT2D eigenvalue weighted by molar-refractivity contribution is -0.143. The molecular formula is C27H28ClNO4. The zero-order valence-electron chi connectivity index (χ0n) is 18.6. The highest BCUT2D eigenvalue weighted by atomic mass is 35.5. The molecule has 1 aliphatic rings. The number of hydrogen-bond acceptors (Lipinski definition) is 4. The largest absolute Gasteiger partial charge is 0.493 e. The number of likely N-dealkylation sites (tertiary alicyclic amines) is 1. The van der Waals surface area contributed by atoms with Crippen LogP contribution in [0.15, 0.2) is 72.8 Å². The van der Waals surface area contributed by atoms with Crippen LogP contribution in [0.5, 0.6) is 11.5 Å². The van der Waals surface area contributed by atoms with E-state index in [1.165, 1.54) is 0 Å². The summed E-state index contributed by atoms with van der Waals surface area (Å²) < 4.78 is 11.7. The lowest BCUT2D eigenvalue weighted by Gasteiger charge is -2.37. The smallest absolute Gasteiger partial charge is 0.306 e. The van der Waals surface area contributed by atoms with E-state index >= 15 is 0 Å². The summed E-state index contributed by atoms with van der Waals surface area (Å²) in [6, 6.07) is 23.8. The number of rotatable bonds is 8. The van der Waals surface area contributed by atoms with Gasteiger partial charge >= 0.3 is 5.97 Å². The molecule has 1 saturated heterocycles. The summed E-state index contributed by atoms with van der Waals surface area (Å²) in [4.78, 5) is 13.8. The van der Waals surface area contributed by atoms with E-state index in [4.69, 9.17) is 21.1 Å². The number of halogens is 1. The normalized spacial score (nSPS) is 15.7. The Morgan fingerprint density at radius 2 is 1.73 bits per heavy atom. The first-order valence-electron chi connectivity index (χ1n) is 11.1. The predicted octanol–water partition coefficient (Wildman–Crippen LogP) is 5.81. The van der Waals surface area contributed by atoms with Crippen molar-refractivity contribution in [3.8, 4) is 11.5 Å². The van der Waals surface area contributed by atoms with Crippen molar-refractivity contribution in [2.75, 3.05) is 20.2 Å². The first-order valence-corrected chi connectivity index (χ1v) is 11.5. The molecule has 1 atom stereocenters. The molecule has 4 rings (SSSR count). The van der Waals surface area contributed by atoms with E-state index in [2.05, 4.69) is 17.0 Å². The molecule has 0 aromatic heterocycles. The molecule has 0 amide bonds. The van der Waals surface area contributed by atoms with Gasteiger partial charge in [0.05, 0.1) is 19.1 Å². The van der Waals surface area contributed by atoms with Crippen molar-refractivity contribution in [2.45, 2.75) is 25.5 Å². The molecule has 0 aliphatic carbocycles. The summed E-state index contributed by atoms with van der Waals surface area (Å²) in [5, 5.41) is 10.1. The van der Waals surface area contributed by atoms with Crippen LogP contribution in [-0.2, 0) is 11.4 Å². The van der Waals surface area contributed by atoms with Crippen LogP contribution >= 0.6 is 11.6 Å². The standard InChI is InChI=1S/C27H28ClNO4/c1-32-25-17-22(10-11-24(25)33-18-19-6-3-2-4-7-19)26(21-8-5-9-23(28)16-21)29-14-12-20(13-15-29)27(30)31/h2-11,16-17,20,26H,12-15,18H2,1H3,(H,30,31). The van der Waals surface area contributed by atoms with Gasteiger partial charge in [-0.05, 0) is 66.9 Å². The van der Waals surface area contributed by atoms with Crippen LogP contribution in [0.25, 0.3) is 0 Å². The van der Waals surface area contributed by atoms with Crippen LogP contribution in [0.2, 0.25) is 5.02 Å². The average molecular weight is 466 g/mol. The molecule has 33 heavy (non-hydrogen) atoms. The predicted molar refractivity (Wildman–Crippen MR) is 129 cm³/mol. The number of benzene rings is 3. The van der Waals surface area contributed by atoms with Crippen LogP contribution in [0.1, 0.15) is 35.6 Å². The summed E-state index contributed by atoms with van der Waals surface area (Å²) in [6.45, 7) is 1.85. The number of carboxylic acid groups (broad SMARTS) is 1. The fraction of sp³-hybridized carbons (Fsp3) is 0.296. The lowest BCUT2D eigenvalue weighted by Crippen LogP contribution is -2.39. The highest BCUT2D eigenvalue weighted by molar-refractivity contribution is 6.30. The molecule has 172 valence electrons. The fourth-order valence-corrected chi connectivity index (χ4v) is 4.60. The van der Waals surface area contributed by atoms with Crippen molar-refractivity contribution in [1.29, 1.82) is 0 Å². The second kappa shape index (κ2) is 10.7. The van der Waals surface area contributed by atoms with Gasteiger partial charge in [-0.25, -0.2) is 0 Å². The minimum absolute atomic E-state index is 0.0597. The maximum absolute atomic E-state index is 11.4. The van der Waals surface area contributed by atoms with Crippen molar-refractivity contribution >= 4 is 17.6 Å². The van der Waals surface area contributed by atoms with Crippen molar-refractivity contribution in [3.05, 3.63) is 94.5 Å². The van der Waals surface area contributed by atoms with Crippen molar-refractivity contribution < 1.29 is 19.4 Å². The minimum atomic E-state index is -0.712. The molecule has 0 saturated carbocycles. The number of aliphatic carboxylic acids is 1. The summed E-state index contributed by atoms with van der Waals surface area (Å²) in [7, 11) is 1.64. The highest BCUT2D eigenvalue weighted by Gasteiger charge is 2.30. The molecule has 1 N–H and O–H groups in total. The number of ether oxygens (including phenoxy) is 2. The minimum Gasteiger partial charge on any atom is -0.493 e. The number of nitrogens with zero attached hydrogens (tertiary/aromatic N) is 1. The Hall–Kier alpha value is -3.02. The van der Waals surface area contributed by atoms with Gasteiger partial charge in [0.15, 0.2) is 11.5 Å². The van der Waals surface area contributed by atoms with Crippen LogP contribution in [-0.4, -0.2) is 36.2 Å². The van der Waals surface area contributed by atoms with Crippen LogP contribution in [0.3, 0.4) is 0 Å². The van der Waals surface area contributed by atoms with Gasteiger partial charge in [-0.1, -0.05) is 60.1 Å². The average Bonchev–Trinajstić information content (AvgIpc) is 2.84. The highest BCUT2D eigenvalue weighted by Crippen LogP contribution is 2.38. The molecule has 5 nitrogen and oxygen atoms in total. The van der Waals surface area contributed by atoms with Gasteiger partial charge in [0, 0.05) is 5.02 Å². The first-order chi connectivity index (χ1) is 16.0. The van der Waals surface area contributed by atoms with Crippen LogP contribution in [0, 0.1) is 5.92 Å². The Labute approximate surface area is 199 Å². The molecule has 3 aromatic carbocycles. The van der Waals surface area contributed by atoms with E-state index in [1.807, 2.05) is 60.7 Å². The SMILES string of the molecule is COc1cc(C(c2cccc(Cl)c2)N2CCC(C(=O)O)CC2)ccc1OCc1ccccc1. The Morgan fingerprint density at radius 1 is 1.00 bits per heavy atom. The number of hydrogen-bond donors (Lipinski definition) is 1. The van der Waals surface area contributed by atoms with Gasteiger partial charge in [-0.2, -0.15) is 0 Å². The van der Waals surface area contributed by atoms with E-state index in [1.54, 1.807) is 7.11 Å². The molecule has 3 aromatic rings. The van der Waals surface area contributed by atoms with Gasteiger partial charge in [0.2, 0.25) is 0 Å². The number of piperidine rings is 1. The zero-order chi connectivity index (χ0) is 23.2. The Morgan fingerprint density at radius 3 is 2.39 bits per heavy atom. The van der Waals surface area contributed by atoms with E-state index < -0.39 is 5.97 Å². The lowest BCUT2D eigenvalue weighted by atomic mass is 9.91. The number of carboxylic acids is 1. The monoisotopic (exact) mass is 465 g/mol. The van der Waals surface area contributed by atoms with Gasteiger partial charge in [0.1, 0.15) is 6.61 Å².